The molecular formula is C29H23FN8. The molecular weight excluding hydrogens is 479 g/mol. The predicted octanol–water partition coefficient (Wildman–Crippen LogP) is 4.98. The number of rotatable bonds is 6. The van der Waals surface area contributed by atoms with Gasteiger partial charge in [0.2, 0.25) is 5.78 Å². The highest BCUT2D eigenvalue weighted by Gasteiger charge is 2.30. The van der Waals surface area contributed by atoms with Crippen molar-refractivity contribution in [2.24, 2.45) is 0 Å². The summed E-state index contributed by atoms with van der Waals surface area (Å²) in [5.41, 5.74) is 5.63. The van der Waals surface area contributed by atoms with Gasteiger partial charge in [-0.2, -0.15) is 5.10 Å². The van der Waals surface area contributed by atoms with E-state index in [9.17, 15) is 4.39 Å². The topological polar surface area (TPSA) is 87.9 Å². The van der Waals surface area contributed by atoms with E-state index in [1.165, 1.54) is 17.7 Å². The first-order valence-electron chi connectivity index (χ1n) is 12.4. The number of nitrogens with one attached hydrogen (secondary N) is 1. The number of nitrogens with zero attached hydrogens (tertiary/aromatic N) is 7. The largest absolute Gasteiger partial charge is 0.298 e. The van der Waals surface area contributed by atoms with Gasteiger partial charge >= 0.3 is 0 Å². The molecule has 5 heterocycles. The van der Waals surface area contributed by atoms with E-state index in [-0.39, 0.29) is 5.82 Å². The fourth-order valence-corrected chi connectivity index (χ4v) is 4.88. The molecule has 0 bridgehead atoms. The molecule has 9 heteroatoms. The van der Waals surface area contributed by atoms with E-state index in [0.29, 0.717) is 17.5 Å². The lowest BCUT2D eigenvalue weighted by molar-refractivity contribution is 0.135. The van der Waals surface area contributed by atoms with Crippen LogP contribution in [0.4, 0.5) is 4.39 Å². The molecule has 1 fully saturated rings. The Labute approximate surface area is 217 Å². The molecule has 38 heavy (non-hydrogen) atoms. The summed E-state index contributed by atoms with van der Waals surface area (Å²) in [6.45, 7) is 2.70. The fourth-order valence-electron chi connectivity index (χ4n) is 4.88. The predicted molar refractivity (Wildman–Crippen MR) is 141 cm³/mol. The Bertz CT molecular complexity index is 1700. The monoisotopic (exact) mass is 502 g/mol. The van der Waals surface area contributed by atoms with Crippen LogP contribution in [-0.2, 0) is 6.54 Å². The zero-order valence-corrected chi connectivity index (χ0v) is 20.4. The fraction of sp³-hybridized carbons (Fsp3) is 0.138. The second-order valence-corrected chi connectivity index (χ2v) is 9.49. The molecule has 6 aromatic rings. The van der Waals surface area contributed by atoms with Crippen LogP contribution in [0.25, 0.3) is 39.7 Å². The molecule has 8 nitrogen and oxygen atoms in total. The molecule has 7 rings (SSSR count). The van der Waals surface area contributed by atoms with E-state index in [2.05, 4.69) is 54.3 Å². The first kappa shape index (κ1) is 22.4. The van der Waals surface area contributed by atoms with Crippen molar-refractivity contribution in [1.29, 1.82) is 0 Å². The third-order valence-electron chi connectivity index (χ3n) is 6.91. The molecule has 0 unspecified atom stereocenters. The van der Waals surface area contributed by atoms with Gasteiger partial charge in [0.15, 0.2) is 5.82 Å². The molecule has 1 N–H and O–H groups in total. The SMILES string of the molecule is Fc1ccc(-c2cn3ccnc3nc2-c2ccc(CN3CC(c4nc(-c5ccccn5)n[nH]4)C3)cc2)cc1. The highest BCUT2D eigenvalue weighted by Crippen LogP contribution is 2.32. The van der Waals surface area contributed by atoms with Gasteiger partial charge in [-0.25, -0.2) is 19.3 Å². The molecule has 4 aromatic heterocycles. The van der Waals surface area contributed by atoms with Crippen LogP contribution in [0.3, 0.4) is 0 Å². The molecule has 0 spiro atoms. The van der Waals surface area contributed by atoms with Crippen molar-refractivity contribution in [3.05, 3.63) is 109 Å². The van der Waals surface area contributed by atoms with E-state index >= 15 is 0 Å². The highest BCUT2D eigenvalue weighted by atomic mass is 19.1. The normalized spacial score (nSPS) is 14.1. The van der Waals surface area contributed by atoms with Gasteiger partial charge in [-0.05, 0) is 35.4 Å². The number of hydrogen-bond donors (Lipinski definition) is 1. The molecule has 0 aliphatic carbocycles. The maximum atomic E-state index is 13.6. The number of aromatic amines is 1. The van der Waals surface area contributed by atoms with Crippen LogP contribution in [-0.4, -0.2) is 52.5 Å². The van der Waals surface area contributed by atoms with Gasteiger partial charge in [-0.1, -0.05) is 42.5 Å². The van der Waals surface area contributed by atoms with Crippen molar-refractivity contribution in [3.8, 4) is 33.9 Å². The summed E-state index contributed by atoms with van der Waals surface area (Å²) in [7, 11) is 0. The molecule has 0 radical (unpaired) electrons. The minimum absolute atomic E-state index is 0.262. The number of aromatic nitrogens is 7. The van der Waals surface area contributed by atoms with Crippen molar-refractivity contribution in [1.82, 2.24) is 39.4 Å². The molecule has 1 saturated heterocycles. The minimum Gasteiger partial charge on any atom is -0.298 e. The lowest BCUT2D eigenvalue weighted by Gasteiger charge is -2.38. The van der Waals surface area contributed by atoms with Crippen LogP contribution in [0.2, 0.25) is 0 Å². The Kier molecular flexibility index (Phi) is 5.48. The van der Waals surface area contributed by atoms with Crippen molar-refractivity contribution in [2.45, 2.75) is 12.5 Å². The summed E-state index contributed by atoms with van der Waals surface area (Å²) in [5, 5.41) is 7.42. The highest BCUT2D eigenvalue weighted by molar-refractivity contribution is 5.81. The van der Waals surface area contributed by atoms with Crippen molar-refractivity contribution >= 4 is 5.78 Å². The number of hydrogen-bond acceptors (Lipinski definition) is 6. The molecule has 0 atom stereocenters. The summed E-state index contributed by atoms with van der Waals surface area (Å²) in [6.07, 6.45) is 7.33. The molecule has 0 amide bonds. The maximum absolute atomic E-state index is 13.6. The third-order valence-corrected chi connectivity index (χ3v) is 6.91. The molecule has 1 aliphatic rings. The van der Waals surface area contributed by atoms with Gasteiger partial charge in [0.1, 0.15) is 17.3 Å². The average molecular weight is 503 g/mol. The summed E-state index contributed by atoms with van der Waals surface area (Å²) in [4.78, 5) is 20.5. The lowest BCUT2D eigenvalue weighted by atomic mass is 9.97. The van der Waals surface area contributed by atoms with E-state index in [1.807, 2.05) is 35.0 Å². The standard InChI is InChI=1S/C29H23FN8/c30-23-10-8-20(9-11-23)24-18-38-14-13-32-29(38)33-26(24)21-6-4-19(5-7-21)15-37-16-22(17-37)27-34-28(36-35-27)25-3-1-2-12-31-25/h1-14,18,22H,15-17H2,(H,34,35,36). The van der Waals surface area contributed by atoms with Crippen LogP contribution >= 0.6 is 0 Å². The second kappa shape index (κ2) is 9.28. The van der Waals surface area contributed by atoms with Gasteiger partial charge < -0.3 is 0 Å². The number of imidazole rings is 1. The third kappa shape index (κ3) is 4.22. The van der Waals surface area contributed by atoms with E-state index in [0.717, 1.165) is 53.5 Å². The second-order valence-electron chi connectivity index (χ2n) is 9.49. The van der Waals surface area contributed by atoms with Crippen LogP contribution < -0.4 is 0 Å². The number of halogens is 1. The van der Waals surface area contributed by atoms with Gasteiger partial charge in [-0.3, -0.25) is 19.4 Å². The molecule has 186 valence electrons. The van der Waals surface area contributed by atoms with E-state index < -0.39 is 0 Å². The first-order valence-corrected chi connectivity index (χ1v) is 12.4. The van der Waals surface area contributed by atoms with Gasteiger partial charge in [0, 0.05) is 61.5 Å². The number of pyridine rings is 1. The zero-order chi connectivity index (χ0) is 25.5. The summed E-state index contributed by atoms with van der Waals surface area (Å²) in [5.74, 6) is 2.24. The van der Waals surface area contributed by atoms with E-state index in [4.69, 9.17) is 4.98 Å². The minimum atomic E-state index is -0.262. The zero-order valence-electron chi connectivity index (χ0n) is 20.4. The first-order chi connectivity index (χ1) is 18.7. The Balaban J connectivity index is 1.06. The van der Waals surface area contributed by atoms with Crippen LogP contribution in [0.15, 0.2) is 91.5 Å². The molecule has 0 saturated carbocycles. The quantitative estimate of drug-likeness (QED) is 0.346. The Morgan fingerprint density at radius 3 is 2.47 bits per heavy atom. The number of H-pyrrole nitrogens is 1. The summed E-state index contributed by atoms with van der Waals surface area (Å²) >= 11 is 0. The van der Waals surface area contributed by atoms with Gasteiger partial charge in [0.05, 0.1) is 5.69 Å². The molecule has 1 aliphatic heterocycles. The van der Waals surface area contributed by atoms with Crippen molar-refractivity contribution < 1.29 is 4.39 Å². The van der Waals surface area contributed by atoms with Gasteiger partial charge in [0.25, 0.3) is 0 Å². The van der Waals surface area contributed by atoms with Crippen LogP contribution in [0, 0.1) is 5.82 Å². The Morgan fingerprint density at radius 2 is 1.68 bits per heavy atom. The smallest absolute Gasteiger partial charge is 0.234 e. The van der Waals surface area contributed by atoms with Crippen LogP contribution in [0.5, 0.6) is 0 Å². The van der Waals surface area contributed by atoms with Crippen molar-refractivity contribution in [3.63, 3.8) is 0 Å². The number of fused-ring (bicyclic) bond motifs is 1. The Hall–Kier alpha value is -4.76. The summed E-state index contributed by atoms with van der Waals surface area (Å²) in [6, 6.07) is 20.7. The maximum Gasteiger partial charge on any atom is 0.234 e. The Morgan fingerprint density at radius 1 is 0.868 bits per heavy atom. The summed E-state index contributed by atoms with van der Waals surface area (Å²) < 4.78 is 15.4. The average Bonchev–Trinajstić information content (AvgIpc) is 3.61. The van der Waals surface area contributed by atoms with Crippen LogP contribution in [0.1, 0.15) is 17.3 Å². The number of benzene rings is 2. The number of likely N-dealkylation sites (tertiary alicyclic amines) is 1. The molecule has 2 aromatic carbocycles. The van der Waals surface area contributed by atoms with Gasteiger partial charge in [-0.15, -0.1) is 0 Å². The van der Waals surface area contributed by atoms with E-state index in [1.54, 1.807) is 24.5 Å². The van der Waals surface area contributed by atoms with Crippen molar-refractivity contribution in [2.75, 3.05) is 13.1 Å². The lowest BCUT2D eigenvalue weighted by Crippen LogP contribution is -2.44.